The summed E-state index contributed by atoms with van der Waals surface area (Å²) in [5.74, 6) is -0.231. The molecule has 2 aromatic rings. The second kappa shape index (κ2) is 10.6. The Morgan fingerprint density at radius 3 is 2.03 bits per heavy atom. The summed E-state index contributed by atoms with van der Waals surface area (Å²) in [5, 5.41) is 3.08. The SMILES string of the molecule is O=C(CN(Cc1ccccc1)S(=O)(=O)c1ccccc1)NC1CCCCCCC1. The summed E-state index contributed by atoms with van der Waals surface area (Å²) in [6, 6.07) is 17.8. The molecule has 1 aliphatic carbocycles. The molecule has 0 radical (unpaired) electrons. The second-order valence-corrected chi connectivity index (χ2v) is 9.62. The van der Waals surface area contributed by atoms with Gasteiger partial charge in [-0.15, -0.1) is 0 Å². The largest absolute Gasteiger partial charge is 0.352 e. The van der Waals surface area contributed by atoms with Gasteiger partial charge in [0.15, 0.2) is 0 Å². The van der Waals surface area contributed by atoms with Gasteiger partial charge >= 0.3 is 0 Å². The van der Waals surface area contributed by atoms with Gasteiger partial charge < -0.3 is 5.32 Å². The Balaban J connectivity index is 1.74. The van der Waals surface area contributed by atoms with Crippen LogP contribution in [0.5, 0.6) is 0 Å². The summed E-state index contributed by atoms with van der Waals surface area (Å²) >= 11 is 0. The second-order valence-electron chi connectivity index (χ2n) is 7.68. The quantitative estimate of drug-likeness (QED) is 0.741. The first-order valence-corrected chi connectivity index (χ1v) is 11.9. The Bertz CT molecular complexity index is 862. The number of rotatable bonds is 7. The Hall–Kier alpha value is -2.18. The molecule has 1 aliphatic rings. The van der Waals surface area contributed by atoms with Crippen LogP contribution in [-0.2, 0) is 21.4 Å². The summed E-state index contributed by atoms with van der Waals surface area (Å²) in [7, 11) is -3.78. The number of sulfonamides is 1. The molecule has 1 saturated carbocycles. The van der Waals surface area contributed by atoms with Crippen LogP contribution >= 0.6 is 0 Å². The van der Waals surface area contributed by atoms with E-state index in [1.165, 1.54) is 23.6 Å². The number of carbonyl (C=O) groups excluding carboxylic acids is 1. The molecule has 6 heteroatoms. The molecular formula is C23H30N2O3S. The van der Waals surface area contributed by atoms with E-state index < -0.39 is 10.0 Å². The number of hydrogen-bond acceptors (Lipinski definition) is 3. The Labute approximate surface area is 174 Å². The molecule has 0 heterocycles. The third-order valence-corrected chi connectivity index (χ3v) is 7.18. The van der Waals surface area contributed by atoms with Crippen LogP contribution in [0.4, 0.5) is 0 Å². The van der Waals surface area contributed by atoms with Gasteiger partial charge in [-0.2, -0.15) is 4.31 Å². The fraction of sp³-hybridized carbons (Fsp3) is 0.435. The fourth-order valence-corrected chi connectivity index (χ4v) is 5.19. The lowest BCUT2D eigenvalue weighted by Crippen LogP contribution is -2.44. The van der Waals surface area contributed by atoms with Crippen molar-refractivity contribution in [2.24, 2.45) is 0 Å². The first kappa shape index (κ1) is 21.5. The van der Waals surface area contributed by atoms with Gasteiger partial charge in [-0.25, -0.2) is 8.42 Å². The van der Waals surface area contributed by atoms with Crippen LogP contribution < -0.4 is 5.32 Å². The lowest BCUT2D eigenvalue weighted by molar-refractivity contribution is -0.122. The van der Waals surface area contributed by atoms with E-state index in [1.54, 1.807) is 30.3 Å². The smallest absolute Gasteiger partial charge is 0.243 e. The van der Waals surface area contributed by atoms with Crippen molar-refractivity contribution < 1.29 is 13.2 Å². The van der Waals surface area contributed by atoms with Gasteiger partial charge in [0.05, 0.1) is 11.4 Å². The molecule has 0 spiro atoms. The molecule has 2 aromatic carbocycles. The fourth-order valence-electron chi connectivity index (χ4n) is 3.79. The van der Waals surface area contributed by atoms with E-state index in [-0.39, 0.29) is 29.9 Å². The third kappa shape index (κ3) is 6.41. The van der Waals surface area contributed by atoms with Crippen LogP contribution in [0.3, 0.4) is 0 Å². The van der Waals surface area contributed by atoms with Crippen LogP contribution in [0.2, 0.25) is 0 Å². The molecule has 1 amide bonds. The molecule has 5 nitrogen and oxygen atoms in total. The maximum atomic E-state index is 13.2. The number of nitrogens with one attached hydrogen (secondary N) is 1. The highest BCUT2D eigenvalue weighted by Gasteiger charge is 2.27. The molecule has 0 unspecified atom stereocenters. The summed E-state index contributed by atoms with van der Waals surface area (Å²) in [4.78, 5) is 13.0. The van der Waals surface area contributed by atoms with Crippen LogP contribution in [0.25, 0.3) is 0 Å². The highest BCUT2D eigenvalue weighted by Crippen LogP contribution is 2.19. The third-order valence-electron chi connectivity index (χ3n) is 5.37. The minimum Gasteiger partial charge on any atom is -0.352 e. The van der Waals surface area contributed by atoms with Crippen LogP contribution in [0.15, 0.2) is 65.6 Å². The van der Waals surface area contributed by atoms with Gasteiger partial charge in [-0.05, 0) is 30.5 Å². The van der Waals surface area contributed by atoms with Crippen molar-refractivity contribution in [1.29, 1.82) is 0 Å². The van der Waals surface area contributed by atoms with E-state index in [2.05, 4.69) is 5.32 Å². The molecule has 0 atom stereocenters. The maximum Gasteiger partial charge on any atom is 0.243 e. The molecule has 3 rings (SSSR count). The van der Waals surface area contributed by atoms with Crippen molar-refractivity contribution in [2.75, 3.05) is 6.54 Å². The number of benzene rings is 2. The molecule has 156 valence electrons. The van der Waals surface area contributed by atoms with Gasteiger partial charge in [-0.1, -0.05) is 80.6 Å². The highest BCUT2D eigenvalue weighted by atomic mass is 32.2. The minimum atomic E-state index is -3.78. The van der Waals surface area contributed by atoms with Gasteiger partial charge in [-0.3, -0.25) is 4.79 Å². The standard InChI is InChI=1S/C23H30N2O3S/c26-23(24-21-14-8-2-1-3-9-15-21)19-25(18-20-12-6-4-7-13-20)29(27,28)22-16-10-5-11-17-22/h4-7,10-13,16-17,21H,1-3,8-9,14-15,18-19H2,(H,24,26). The molecule has 1 fully saturated rings. The monoisotopic (exact) mass is 414 g/mol. The Kier molecular flexibility index (Phi) is 7.83. The van der Waals surface area contributed by atoms with Crippen LogP contribution in [0.1, 0.15) is 50.5 Å². The zero-order valence-corrected chi connectivity index (χ0v) is 17.6. The van der Waals surface area contributed by atoms with Crippen LogP contribution in [0, 0.1) is 0 Å². The molecule has 0 aromatic heterocycles. The van der Waals surface area contributed by atoms with Crippen LogP contribution in [-0.4, -0.2) is 31.2 Å². The van der Waals surface area contributed by atoms with Crippen molar-refractivity contribution >= 4 is 15.9 Å². The number of carbonyl (C=O) groups is 1. The molecular weight excluding hydrogens is 384 g/mol. The van der Waals surface area contributed by atoms with E-state index in [9.17, 15) is 13.2 Å². The summed E-state index contributed by atoms with van der Waals surface area (Å²) in [6.45, 7) is -0.0151. The van der Waals surface area contributed by atoms with Crippen molar-refractivity contribution in [3.8, 4) is 0 Å². The van der Waals surface area contributed by atoms with Gasteiger partial charge in [0.2, 0.25) is 15.9 Å². The van der Waals surface area contributed by atoms with Gasteiger partial charge in [0, 0.05) is 12.6 Å². The Morgan fingerprint density at radius 2 is 1.41 bits per heavy atom. The highest BCUT2D eigenvalue weighted by molar-refractivity contribution is 7.89. The number of hydrogen-bond donors (Lipinski definition) is 1. The average Bonchev–Trinajstić information content (AvgIpc) is 2.71. The topological polar surface area (TPSA) is 66.5 Å². The molecule has 29 heavy (non-hydrogen) atoms. The van der Waals surface area contributed by atoms with Crippen molar-refractivity contribution in [3.05, 3.63) is 66.2 Å². The van der Waals surface area contributed by atoms with Crippen molar-refractivity contribution in [1.82, 2.24) is 9.62 Å². The Morgan fingerprint density at radius 1 is 0.862 bits per heavy atom. The lowest BCUT2D eigenvalue weighted by atomic mass is 9.97. The van der Waals surface area contributed by atoms with E-state index in [0.29, 0.717) is 0 Å². The zero-order chi connectivity index (χ0) is 20.5. The molecule has 0 bridgehead atoms. The minimum absolute atomic E-state index is 0.140. The summed E-state index contributed by atoms with van der Waals surface area (Å²) in [5.41, 5.74) is 0.853. The summed E-state index contributed by atoms with van der Waals surface area (Å²) in [6.07, 6.45) is 7.83. The average molecular weight is 415 g/mol. The predicted octanol–water partition coefficient (Wildman–Crippen LogP) is 4.11. The number of nitrogens with zero attached hydrogens (tertiary/aromatic N) is 1. The first-order valence-electron chi connectivity index (χ1n) is 10.4. The molecule has 1 N–H and O–H groups in total. The predicted molar refractivity (Wildman–Crippen MR) is 115 cm³/mol. The van der Waals surface area contributed by atoms with E-state index in [4.69, 9.17) is 0 Å². The molecule has 0 saturated heterocycles. The van der Waals surface area contributed by atoms with E-state index in [0.717, 1.165) is 31.2 Å². The van der Waals surface area contributed by atoms with E-state index in [1.807, 2.05) is 30.3 Å². The van der Waals surface area contributed by atoms with Crippen molar-refractivity contribution in [3.63, 3.8) is 0 Å². The molecule has 0 aliphatic heterocycles. The lowest BCUT2D eigenvalue weighted by Gasteiger charge is -2.25. The first-order chi connectivity index (χ1) is 14.1. The van der Waals surface area contributed by atoms with E-state index >= 15 is 0 Å². The zero-order valence-electron chi connectivity index (χ0n) is 16.8. The van der Waals surface area contributed by atoms with Crippen molar-refractivity contribution in [2.45, 2.75) is 62.4 Å². The van der Waals surface area contributed by atoms with Gasteiger partial charge in [0.1, 0.15) is 0 Å². The summed E-state index contributed by atoms with van der Waals surface area (Å²) < 4.78 is 27.7. The van der Waals surface area contributed by atoms with Gasteiger partial charge in [0.25, 0.3) is 0 Å². The normalized spacial score (nSPS) is 16.2. The maximum absolute atomic E-state index is 13.2. The number of amides is 1.